The Morgan fingerprint density at radius 2 is 2.00 bits per heavy atom. The van der Waals surface area contributed by atoms with E-state index in [2.05, 4.69) is 33.0 Å². The fraction of sp³-hybridized carbons (Fsp3) is 0.333. The highest BCUT2D eigenvalue weighted by atomic mass is 79.9. The molecule has 0 aromatic heterocycles. The Morgan fingerprint density at radius 1 is 1.23 bits per heavy atom. The lowest BCUT2D eigenvalue weighted by atomic mass is 9.97. The van der Waals surface area contributed by atoms with Crippen molar-refractivity contribution in [1.29, 1.82) is 0 Å². The Labute approximate surface area is 168 Å². The Hall–Kier alpha value is -1.65. The SMILES string of the molecule is COc1ccc(Br)cc1CCc1c(Cl)cccc1/C(=C\N)N1CCCC1. The monoisotopic (exact) mass is 434 g/mol. The van der Waals surface area contributed by atoms with Gasteiger partial charge in [0.05, 0.1) is 12.8 Å². The van der Waals surface area contributed by atoms with E-state index in [1.807, 2.05) is 24.3 Å². The summed E-state index contributed by atoms with van der Waals surface area (Å²) < 4.78 is 6.55. The second kappa shape index (κ2) is 8.83. The average molecular weight is 436 g/mol. The lowest BCUT2D eigenvalue weighted by Crippen LogP contribution is -2.19. The quantitative estimate of drug-likeness (QED) is 0.673. The molecule has 1 saturated heterocycles. The highest BCUT2D eigenvalue weighted by molar-refractivity contribution is 9.10. The predicted octanol–water partition coefficient (Wildman–Crippen LogP) is 5.25. The van der Waals surface area contributed by atoms with Crippen LogP contribution >= 0.6 is 27.5 Å². The average Bonchev–Trinajstić information content (AvgIpc) is 3.16. The molecule has 2 aromatic carbocycles. The van der Waals surface area contributed by atoms with Crippen molar-refractivity contribution in [3.05, 3.63) is 68.8 Å². The number of hydrogen-bond acceptors (Lipinski definition) is 3. The van der Waals surface area contributed by atoms with Gasteiger partial charge in [0.2, 0.25) is 0 Å². The lowest BCUT2D eigenvalue weighted by molar-refractivity contribution is 0.409. The normalized spacial score (nSPS) is 14.7. The molecule has 0 saturated carbocycles. The maximum absolute atomic E-state index is 6.58. The molecule has 5 heteroatoms. The number of likely N-dealkylation sites (tertiary alicyclic amines) is 1. The second-order valence-electron chi connectivity index (χ2n) is 6.47. The summed E-state index contributed by atoms with van der Waals surface area (Å²) in [6.45, 7) is 2.10. The molecule has 138 valence electrons. The molecule has 3 nitrogen and oxygen atoms in total. The first kappa shape index (κ1) is 19.1. The summed E-state index contributed by atoms with van der Waals surface area (Å²) in [6, 6.07) is 12.2. The largest absolute Gasteiger partial charge is 0.496 e. The van der Waals surface area contributed by atoms with Crippen LogP contribution in [0.2, 0.25) is 5.02 Å². The molecule has 3 rings (SSSR count). The van der Waals surface area contributed by atoms with Gasteiger partial charge in [-0.1, -0.05) is 39.7 Å². The molecule has 1 aliphatic heterocycles. The molecule has 0 amide bonds. The minimum atomic E-state index is 0.787. The molecular weight excluding hydrogens is 412 g/mol. The van der Waals surface area contributed by atoms with Crippen molar-refractivity contribution in [1.82, 2.24) is 4.90 Å². The summed E-state index contributed by atoms with van der Waals surface area (Å²) in [6.07, 6.45) is 5.81. The van der Waals surface area contributed by atoms with Gasteiger partial charge in [0, 0.05) is 34.3 Å². The summed E-state index contributed by atoms with van der Waals surface area (Å²) in [5, 5.41) is 0.787. The molecule has 0 radical (unpaired) electrons. The van der Waals surface area contributed by atoms with E-state index in [0.717, 1.165) is 63.6 Å². The molecule has 2 aromatic rings. The van der Waals surface area contributed by atoms with Gasteiger partial charge in [-0.05, 0) is 61.1 Å². The van der Waals surface area contributed by atoms with Crippen molar-refractivity contribution in [3.63, 3.8) is 0 Å². The number of halogens is 2. The molecule has 1 heterocycles. The molecule has 0 unspecified atom stereocenters. The zero-order valence-electron chi connectivity index (χ0n) is 15.0. The van der Waals surface area contributed by atoms with Crippen LogP contribution in [0.15, 0.2) is 47.1 Å². The third-order valence-corrected chi connectivity index (χ3v) is 5.73. The lowest BCUT2D eigenvalue weighted by Gasteiger charge is -2.24. The van der Waals surface area contributed by atoms with E-state index in [0.29, 0.717) is 0 Å². The van der Waals surface area contributed by atoms with Gasteiger partial charge in [-0.15, -0.1) is 0 Å². The molecule has 0 bridgehead atoms. The first-order chi connectivity index (χ1) is 12.6. The van der Waals surface area contributed by atoms with Crippen LogP contribution in [0.4, 0.5) is 0 Å². The molecule has 0 atom stereocenters. The molecule has 1 aliphatic rings. The van der Waals surface area contributed by atoms with Crippen LogP contribution in [-0.4, -0.2) is 25.1 Å². The van der Waals surface area contributed by atoms with Crippen LogP contribution in [0.3, 0.4) is 0 Å². The van der Waals surface area contributed by atoms with Gasteiger partial charge in [0.25, 0.3) is 0 Å². The van der Waals surface area contributed by atoms with E-state index >= 15 is 0 Å². The fourth-order valence-corrected chi connectivity index (χ4v) is 4.26. The summed E-state index contributed by atoms with van der Waals surface area (Å²) >= 11 is 10.1. The molecular formula is C21H24BrClN2O. The van der Waals surface area contributed by atoms with Gasteiger partial charge in [-0.3, -0.25) is 0 Å². The maximum atomic E-state index is 6.58. The Bertz CT molecular complexity index is 801. The Balaban J connectivity index is 1.90. The van der Waals surface area contributed by atoms with E-state index in [1.165, 1.54) is 12.8 Å². The zero-order chi connectivity index (χ0) is 18.5. The summed E-state index contributed by atoms with van der Waals surface area (Å²) in [5.74, 6) is 0.899. The van der Waals surface area contributed by atoms with Crippen molar-refractivity contribution >= 4 is 33.2 Å². The Morgan fingerprint density at radius 3 is 2.69 bits per heavy atom. The first-order valence-electron chi connectivity index (χ1n) is 8.91. The second-order valence-corrected chi connectivity index (χ2v) is 7.79. The van der Waals surface area contributed by atoms with Gasteiger partial charge in [-0.2, -0.15) is 0 Å². The van der Waals surface area contributed by atoms with Crippen LogP contribution in [0.5, 0.6) is 5.75 Å². The third kappa shape index (κ3) is 4.18. The maximum Gasteiger partial charge on any atom is 0.122 e. The molecule has 1 fully saturated rings. The number of methoxy groups -OCH3 is 1. The number of rotatable bonds is 6. The van der Waals surface area contributed by atoms with Crippen LogP contribution in [-0.2, 0) is 12.8 Å². The van der Waals surface area contributed by atoms with E-state index in [-0.39, 0.29) is 0 Å². The standard InChI is InChI=1S/C21H24BrClN2O/c1-26-21-10-8-16(22)13-15(21)7-9-17-18(5-4-6-19(17)23)20(14-24)25-11-2-3-12-25/h4-6,8,10,13-14H,2-3,7,9,11-12,24H2,1H3/b20-14+. The van der Waals surface area contributed by atoms with Gasteiger partial charge >= 0.3 is 0 Å². The minimum absolute atomic E-state index is 0.787. The smallest absolute Gasteiger partial charge is 0.122 e. The molecule has 2 N–H and O–H groups in total. The van der Waals surface area contributed by atoms with Gasteiger partial charge in [0.1, 0.15) is 5.75 Å². The fourth-order valence-electron chi connectivity index (χ4n) is 3.58. The van der Waals surface area contributed by atoms with Crippen molar-refractivity contribution in [2.75, 3.05) is 20.2 Å². The summed E-state index contributed by atoms with van der Waals surface area (Å²) in [4.78, 5) is 2.36. The first-order valence-corrected chi connectivity index (χ1v) is 10.1. The van der Waals surface area contributed by atoms with Gasteiger partial charge < -0.3 is 15.4 Å². The van der Waals surface area contributed by atoms with Crippen molar-refractivity contribution in [3.8, 4) is 5.75 Å². The van der Waals surface area contributed by atoms with Crippen LogP contribution in [0, 0.1) is 0 Å². The number of hydrogen-bond donors (Lipinski definition) is 1. The number of ether oxygens (including phenoxy) is 1. The van der Waals surface area contributed by atoms with Gasteiger partial charge in [0.15, 0.2) is 0 Å². The molecule has 0 spiro atoms. The minimum Gasteiger partial charge on any atom is -0.496 e. The Kier molecular flexibility index (Phi) is 6.49. The van der Waals surface area contributed by atoms with Crippen LogP contribution in [0.25, 0.3) is 5.70 Å². The highest BCUT2D eigenvalue weighted by Gasteiger charge is 2.20. The summed E-state index contributed by atoms with van der Waals surface area (Å²) in [7, 11) is 1.70. The number of nitrogens with two attached hydrogens (primary N) is 1. The number of benzene rings is 2. The van der Waals surface area contributed by atoms with E-state index in [9.17, 15) is 0 Å². The van der Waals surface area contributed by atoms with Crippen molar-refractivity contribution < 1.29 is 4.74 Å². The highest BCUT2D eigenvalue weighted by Crippen LogP contribution is 2.32. The third-order valence-electron chi connectivity index (χ3n) is 4.89. The zero-order valence-corrected chi connectivity index (χ0v) is 17.3. The predicted molar refractivity (Wildman–Crippen MR) is 113 cm³/mol. The summed E-state index contributed by atoms with van der Waals surface area (Å²) in [5.41, 5.74) is 10.5. The number of nitrogens with zero attached hydrogens (tertiary/aromatic N) is 1. The topological polar surface area (TPSA) is 38.5 Å². The van der Waals surface area contributed by atoms with Gasteiger partial charge in [-0.25, -0.2) is 0 Å². The number of aryl methyl sites for hydroxylation is 1. The van der Waals surface area contributed by atoms with E-state index < -0.39 is 0 Å². The van der Waals surface area contributed by atoms with Crippen LogP contribution < -0.4 is 10.5 Å². The van der Waals surface area contributed by atoms with E-state index in [4.69, 9.17) is 22.1 Å². The van der Waals surface area contributed by atoms with E-state index in [1.54, 1.807) is 13.3 Å². The molecule has 26 heavy (non-hydrogen) atoms. The van der Waals surface area contributed by atoms with Crippen molar-refractivity contribution in [2.45, 2.75) is 25.7 Å². The van der Waals surface area contributed by atoms with Crippen molar-refractivity contribution in [2.24, 2.45) is 5.73 Å². The van der Waals surface area contributed by atoms with Crippen LogP contribution in [0.1, 0.15) is 29.5 Å². The molecule has 0 aliphatic carbocycles.